The molecule has 15 heavy (non-hydrogen) atoms. The largest absolute Gasteiger partial charge is 0.511 e. The highest BCUT2D eigenvalue weighted by molar-refractivity contribution is 6.73. The molecule has 0 saturated carbocycles. The molecule has 0 atom stereocenters. The van der Waals surface area contributed by atoms with Gasteiger partial charge in [-0.1, -0.05) is 11.5 Å². The molecule has 0 aliphatic heterocycles. The number of nitrogens with zero attached hydrogens (tertiary/aromatic N) is 1. The van der Waals surface area contributed by atoms with Crippen LogP contribution in [0.2, 0.25) is 0 Å². The zero-order valence-corrected chi connectivity index (χ0v) is 6.83. The molecule has 1 heterocycles. The van der Waals surface area contributed by atoms with Gasteiger partial charge in [-0.15, -0.1) is 0 Å². The summed E-state index contributed by atoms with van der Waals surface area (Å²) in [6.07, 6.45) is -5.15. The first-order chi connectivity index (χ1) is 6.62. The number of pyridine rings is 1. The monoisotopic (exact) mass is 232 g/mol. The highest BCUT2D eigenvalue weighted by Crippen LogP contribution is 2.30. The molecule has 1 rings (SSSR count). The Hall–Kier alpha value is -1.28. The molecule has 0 saturated heterocycles. The Bertz CT molecular complexity index is 369. The number of rotatable bonds is 1. The van der Waals surface area contributed by atoms with E-state index in [1.54, 1.807) is 0 Å². The third-order valence-electron chi connectivity index (χ3n) is 1.54. The second-order valence-electron chi connectivity index (χ2n) is 2.68. The van der Waals surface area contributed by atoms with E-state index in [0.29, 0.717) is 0 Å². The van der Waals surface area contributed by atoms with Crippen LogP contribution < -0.4 is 5.46 Å². The third kappa shape index (κ3) is 2.60. The number of hydrogen-bond acceptors (Lipinski definition) is 1. The molecule has 9 heteroatoms. The van der Waals surface area contributed by atoms with E-state index in [1.807, 2.05) is 0 Å². The molecule has 0 aliphatic rings. The standard InChI is InChI=1S/C6H2BF7N/c8-5-4(6(9,10)11)1-3(2-15-5)7(12,13)14/h1-2H/q-1. The molecule has 0 aliphatic carbocycles. The molecule has 1 nitrogen and oxygen atoms in total. The molecule has 0 fully saturated rings. The zero-order valence-electron chi connectivity index (χ0n) is 6.83. The molecule has 0 radical (unpaired) electrons. The first kappa shape index (κ1) is 11.8. The van der Waals surface area contributed by atoms with Crippen molar-refractivity contribution in [2.45, 2.75) is 6.18 Å². The predicted octanol–water partition coefficient (Wildman–Crippen LogP) is 2.29. The maximum atomic E-state index is 12.5. The van der Waals surface area contributed by atoms with Gasteiger partial charge in [0.05, 0.1) is 0 Å². The van der Waals surface area contributed by atoms with Gasteiger partial charge in [0.1, 0.15) is 5.56 Å². The summed E-state index contributed by atoms with van der Waals surface area (Å²) in [5.41, 5.74) is -3.59. The fourth-order valence-corrected chi connectivity index (χ4v) is 0.842. The number of aromatic nitrogens is 1. The van der Waals surface area contributed by atoms with Crippen LogP contribution in [0.4, 0.5) is 30.5 Å². The van der Waals surface area contributed by atoms with Gasteiger partial charge in [0.15, 0.2) is 0 Å². The Morgan fingerprint density at radius 1 is 1.13 bits per heavy atom. The Labute approximate surface area is 79.0 Å². The maximum Gasteiger partial charge on any atom is 0.511 e. The van der Waals surface area contributed by atoms with E-state index in [1.165, 1.54) is 0 Å². The second kappa shape index (κ2) is 3.39. The second-order valence-corrected chi connectivity index (χ2v) is 2.68. The van der Waals surface area contributed by atoms with Gasteiger partial charge in [0.2, 0.25) is 5.95 Å². The van der Waals surface area contributed by atoms with E-state index >= 15 is 0 Å². The van der Waals surface area contributed by atoms with E-state index in [0.717, 1.165) is 0 Å². The lowest BCUT2D eigenvalue weighted by Gasteiger charge is -2.16. The van der Waals surface area contributed by atoms with Crippen molar-refractivity contribution >= 4 is 12.4 Å². The highest BCUT2D eigenvalue weighted by Gasteiger charge is 2.37. The van der Waals surface area contributed by atoms with Crippen molar-refractivity contribution in [2.75, 3.05) is 0 Å². The summed E-state index contributed by atoms with van der Waals surface area (Å²) in [7, 11) is 0. The van der Waals surface area contributed by atoms with Gasteiger partial charge in [-0.25, -0.2) is 4.98 Å². The lowest BCUT2D eigenvalue weighted by atomic mass is 9.81. The quantitative estimate of drug-likeness (QED) is 0.411. The maximum absolute atomic E-state index is 12.5. The highest BCUT2D eigenvalue weighted by atomic mass is 19.4. The summed E-state index contributed by atoms with van der Waals surface area (Å²) in [6.45, 7) is -5.62. The molecule has 0 N–H and O–H groups in total. The third-order valence-corrected chi connectivity index (χ3v) is 1.54. The van der Waals surface area contributed by atoms with E-state index in [4.69, 9.17) is 0 Å². The van der Waals surface area contributed by atoms with E-state index in [2.05, 4.69) is 4.98 Å². The van der Waals surface area contributed by atoms with Crippen LogP contribution in [0.5, 0.6) is 0 Å². The number of alkyl halides is 3. The van der Waals surface area contributed by atoms with Gasteiger partial charge >= 0.3 is 13.2 Å². The average molecular weight is 232 g/mol. The van der Waals surface area contributed by atoms with Gasteiger partial charge in [0.25, 0.3) is 0 Å². The van der Waals surface area contributed by atoms with Crippen LogP contribution in [0.15, 0.2) is 12.3 Å². The zero-order chi connectivity index (χ0) is 11.9. The predicted molar refractivity (Wildman–Crippen MR) is 37.9 cm³/mol. The van der Waals surface area contributed by atoms with Crippen molar-refractivity contribution in [3.63, 3.8) is 0 Å². The summed E-state index contributed by atoms with van der Waals surface area (Å²) < 4.78 is 84.5. The summed E-state index contributed by atoms with van der Waals surface area (Å²) in [4.78, 5) is 2.42. The SMILES string of the molecule is Fc1ncc([B-](F)(F)F)cc1C(F)(F)F. The fraction of sp³-hybridized carbons (Fsp3) is 0.167. The normalized spacial score (nSPS) is 13.0. The summed E-state index contributed by atoms with van der Waals surface area (Å²) >= 11 is 0. The van der Waals surface area contributed by atoms with Crippen molar-refractivity contribution in [1.29, 1.82) is 0 Å². The van der Waals surface area contributed by atoms with Gasteiger partial charge in [-0.05, 0) is 0 Å². The van der Waals surface area contributed by atoms with Crippen LogP contribution in [0.1, 0.15) is 5.56 Å². The molecule has 0 unspecified atom stereocenters. The molecule has 0 spiro atoms. The van der Waals surface area contributed by atoms with Crippen LogP contribution in [0.3, 0.4) is 0 Å². The lowest BCUT2D eigenvalue weighted by molar-refractivity contribution is -0.140. The van der Waals surface area contributed by atoms with Crippen LogP contribution >= 0.6 is 0 Å². The Kier molecular flexibility index (Phi) is 2.66. The molecule has 1 aromatic rings. The molecule has 0 aromatic carbocycles. The minimum absolute atomic E-state index is 0.0323. The van der Waals surface area contributed by atoms with Gasteiger partial charge < -0.3 is 12.9 Å². The van der Waals surface area contributed by atoms with Crippen molar-refractivity contribution in [1.82, 2.24) is 4.98 Å². The molecular weight excluding hydrogens is 230 g/mol. The topological polar surface area (TPSA) is 12.9 Å². The number of halogens is 7. The summed E-state index contributed by atoms with van der Waals surface area (Å²) in [6, 6.07) is -0.289. The van der Waals surface area contributed by atoms with Gasteiger partial charge in [-0.3, -0.25) is 0 Å². The van der Waals surface area contributed by atoms with E-state index in [9.17, 15) is 30.5 Å². The first-order valence-corrected chi connectivity index (χ1v) is 3.55. The molecule has 0 amide bonds. The van der Waals surface area contributed by atoms with Crippen LogP contribution in [-0.4, -0.2) is 12.0 Å². The molecule has 84 valence electrons. The Balaban J connectivity index is 3.30. The average Bonchev–Trinajstić information content (AvgIpc) is 2.00. The number of hydrogen-bond donors (Lipinski definition) is 0. The van der Waals surface area contributed by atoms with Crippen LogP contribution in [-0.2, 0) is 6.18 Å². The Morgan fingerprint density at radius 2 is 1.67 bits per heavy atom. The van der Waals surface area contributed by atoms with Crippen LogP contribution in [0.25, 0.3) is 0 Å². The first-order valence-electron chi connectivity index (χ1n) is 3.55. The van der Waals surface area contributed by atoms with E-state index < -0.39 is 30.1 Å². The van der Waals surface area contributed by atoms with Gasteiger partial charge in [-0.2, -0.15) is 17.6 Å². The minimum Gasteiger partial charge on any atom is -0.445 e. The minimum atomic E-state index is -5.62. The smallest absolute Gasteiger partial charge is 0.445 e. The lowest BCUT2D eigenvalue weighted by Crippen LogP contribution is -2.35. The summed E-state index contributed by atoms with van der Waals surface area (Å²) in [5.74, 6) is -1.97. The van der Waals surface area contributed by atoms with Crippen molar-refractivity contribution in [3.8, 4) is 0 Å². The van der Waals surface area contributed by atoms with Crippen molar-refractivity contribution < 1.29 is 30.5 Å². The molecule has 0 bridgehead atoms. The van der Waals surface area contributed by atoms with Gasteiger partial charge in [0, 0.05) is 6.20 Å². The van der Waals surface area contributed by atoms with Crippen molar-refractivity contribution in [3.05, 3.63) is 23.8 Å². The summed E-state index contributed by atoms with van der Waals surface area (Å²) in [5, 5.41) is 0. The Morgan fingerprint density at radius 3 is 2.07 bits per heavy atom. The van der Waals surface area contributed by atoms with E-state index in [-0.39, 0.29) is 12.3 Å². The fourth-order valence-electron chi connectivity index (χ4n) is 0.842. The molecular formula is C6H2BF7N-. The van der Waals surface area contributed by atoms with Crippen LogP contribution in [0, 0.1) is 5.95 Å². The van der Waals surface area contributed by atoms with Crippen molar-refractivity contribution in [2.24, 2.45) is 0 Å². The molecule has 1 aromatic heterocycles.